The van der Waals surface area contributed by atoms with Crippen LogP contribution in [-0.2, 0) is 14.3 Å². The van der Waals surface area contributed by atoms with Gasteiger partial charge < -0.3 is 10.1 Å². The molecule has 1 aliphatic rings. The molecule has 1 N–H and O–H groups in total. The van der Waals surface area contributed by atoms with Gasteiger partial charge in [0.05, 0.1) is 17.7 Å². The average Bonchev–Trinajstić information content (AvgIpc) is 2.63. The summed E-state index contributed by atoms with van der Waals surface area (Å²) in [5, 5.41) is 2.58. The molecule has 2 aromatic carbocycles. The van der Waals surface area contributed by atoms with E-state index in [1.54, 1.807) is 42.5 Å². The first-order valence-electron chi connectivity index (χ1n) is 8.94. The van der Waals surface area contributed by atoms with Gasteiger partial charge in [0.2, 0.25) is 0 Å². The van der Waals surface area contributed by atoms with Gasteiger partial charge in [-0.15, -0.1) is 0 Å². The molecule has 0 saturated carbocycles. The van der Waals surface area contributed by atoms with Crippen molar-refractivity contribution in [3.63, 3.8) is 0 Å². The molecular weight excluding hydrogens is 358 g/mol. The molecule has 0 heterocycles. The Hall–Kier alpha value is -3.28. The number of nitrogens with one attached hydrogen (secondary N) is 1. The zero-order valence-electron chi connectivity index (χ0n) is 16.0. The highest BCUT2D eigenvalue weighted by atomic mass is 16.5. The van der Waals surface area contributed by atoms with E-state index in [1.165, 1.54) is 0 Å². The number of esters is 1. The van der Waals surface area contributed by atoms with Gasteiger partial charge in [0.1, 0.15) is 0 Å². The van der Waals surface area contributed by atoms with Crippen molar-refractivity contribution in [2.75, 3.05) is 11.9 Å². The van der Waals surface area contributed by atoms with Crippen LogP contribution in [-0.4, -0.2) is 30.0 Å². The van der Waals surface area contributed by atoms with Crippen LogP contribution in [0.2, 0.25) is 0 Å². The fourth-order valence-corrected chi connectivity index (χ4v) is 3.07. The lowest BCUT2D eigenvalue weighted by atomic mass is 9.83. The van der Waals surface area contributed by atoms with E-state index in [0.717, 1.165) is 0 Å². The summed E-state index contributed by atoms with van der Waals surface area (Å²) in [6.07, 6.45) is 0.185. The molecule has 144 valence electrons. The minimum Gasteiger partial charge on any atom is -0.456 e. The number of ether oxygens (including phenoxy) is 1. The number of anilines is 1. The van der Waals surface area contributed by atoms with Crippen molar-refractivity contribution in [1.82, 2.24) is 0 Å². The SMILES string of the molecule is CC(C)(C)CC(=O)OCC(=O)Nc1cccc2c1C(=O)c1ccccc1C2=O. The van der Waals surface area contributed by atoms with Crippen molar-refractivity contribution in [3.8, 4) is 0 Å². The molecule has 28 heavy (non-hydrogen) atoms. The van der Waals surface area contributed by atoms with Crippen LogP contribution in [0.5, 0.6) is 0 Å². The summed E-state index contributed by atoms with van der Waals surface area (Å²) in [7, 11) is 0. The summed E-state index contributed by atoms with van der Waals surface area (Å²) in [5.74, 6) is -1.64. The molecular formula is C22H21NO5. The van der Waals surface area contributed by atoms with Crippen LogP contribution in [0.25, 0.3) is 0 Å². The first kappa shape index (κ1) is 19.5. The van der Waals surface area contributed by atoms with Crippen molar-refractivity contribution in [1.29, 1.82) is 0 Å². The zero-order valence-corrected chi connectivity index (χ0v) is 16.0. The Bertz CT molecular complexity index is 985. The molecule has 0 bridgehead atoms. The Balaban J connectivity index is 1.78. The molecule has 1 amide bonds. The van der Waals surface area contributed by atoms with Gasteiger partial charge in [0, 0.05) is 16.7 Å². The van der Waals surface area contributed by atoms with Crippen LogP contribution < -0.4 is 5.32 Å². The largest absolute Gasteiger partial charge is 0.456 e. The van der Waals surface area contributed by atoms with Crippen LogP contribution >= 0.6 is 0 Å². The standard InChI is InChI=1S/C22H21NO5/c1-22(2,3)11-18(25)28-12-17(24)23-16-10-6-9-15-19(16)21(27)14-8-5-4-7-13(14)20(15)26/h4-10H,11-12H2,1-3H3,(H,23,24). The smallest absolute Gasteiger partial charge is 0.306 e. The monoisotopic (exact) mass is 379 g/mol. The number of hydrogen-bond donors (Lipinski definition) is 1. The van der Waals surface area contributed by atoms with Gasteiger partial charge in [-0.1, -0.05) is 57.2 Å². The highest BCUT2D eigenvalue weighted by molar-refractivity contribution is 6.30. The summed E-state index contributed by atoms with van der Waals surface area (Å²) in [6, 6.07) is 11.3. The zero-order chi connectivity index (χ0) is 20.5. The Morgan fingerprint density at radius 2 is 1.50 bits per heavy atom. The normalized spacial score (nSPS) is 12.8. The van der Waals surface area contributed by atoms with Gasteiger partial charge in [0.25, 0.3) is 5.91 Å². The first-order valence-corrected chi connectivity index (χ1v) is 8.94. The number of carbonyl (C=O) groups is 4. The van der Waals surface area contributed by atoms with E-state index < -0.39 is 18.5 Å². The highest BCUT2D eigenvalue weighted by Gasteiger charge is 2.31. The second kappa shape index (κ2) is 7.38. The van der Waals surface area contributed by atoms with Crippen molar-refractivity contribution < 1.29 is 23.9 Å². The van der Waals surface area contributed by atoms with Crippen molar-refractivity contribution in [2.45, 2.75) is 27.2 Å². The lowest BCUT2D eigenvalue weighted by molar-refractivity contribution is -0.149. The van der Waals surface area contributed by atoms with Gasteiger partial charge in [-0.25, -0.2) is 0 Å². The van der Waals surface area contributed by atoms with Crippen LogP contribution in [0.3, 0.4) is 0 Å². The fourth-order valence-electron chi connectivity index (χ4n) is 3.07. The fraction of sp³-hybridized carbons (Fsp3) is 0.273. The molecule has 0 fully saturated rings. The number of ketones is 2. The number of amides is 1. The number of fused-ring (bicyclic) bond motifs is 2. The summed E-state index contributed by atoms with van der Waals surface area (Å²) < 4.78 is 5.00. The molecule has 0 unspecified atom stereocenters. The molecule has 6 nitrogen and oxygen atoms in total. The first-order chi connectivity index (χ1) is 13.2. The Kier molecular flexibility index (Phi) is 5.14. The minimum atomic E-state index is -0.574. The Labute approximate surface area is 162 Å². The maximum atomic E-state index is 12.9. The number of benzene rings is 2. The molecule has 0 radical (unpaired) electrons. The third kappa shape index (κ3) is 4.01. The van der Waals surface area contributed by atoms with Crippen LogP contribution in [0, 0.1) is 5.41 Å². The van der Waals surface area contributed by atoms with Crippen LogP contribution in [0.4, 0.5) is 5.69 Å². The topological polar surface area (TPSA) is 89.5 Å². The van der Waals surface area contributed by atoms with Gasteiger partial charge in [-0.3, -0.25) is 19.2 Å². The maximum absolute atomic E-state index is 12.9. The molecule has 0 saturated heterocycles. The lowest BCUT2D eigenvalue weighted by Gasteiger charge is -2.20. The quantitative estimate of drug-likeness (QED) is 0.702. The van der Waals surface area contributed by atoms with Gasteiger partial charge >= 0.3 is 5.97 Å². The van der Waals surface area contributed by atoms with E-state index in [4.69, 9.17) is 4.74 Å². The molecule has 2 aromatic rings. The third-order valence-corrected chi connectivity index (χ3v) is 4.27. The van der Waals surface area contributed by atoms with Crippen LogP contribution in [0.15, 0.2) is 42.5 Å². The molecule has 0 aromatic heterocycles. The summed E-state index contributed by atoms with van der Waals surface area (Å²) in [4.78, 5) is 49.6. The van der Waals surface area contributed by atoms with Crippen LogP contribution in [0.1, 0.15) is 59.0 Å². The second-order valence-corrected chi connectivity index (χ2v) is 7.88. The summed E-state index contributed by atoms with van der Waals surface area (Å²) in [5.41, 5.74) is 1.03. The molecule has 1 aliphatic carbocycles. The molecule has 0 aliphatic heterocycles. The molecule has 0 spiro atoms. The predicted molar refractivity (Wildman–Crippen MR) is 103 cm³/mol. The Morgan fingerprint density at radius 1 is 0.893 bits per heavy atom. The molecule has 6 heteroatoms. The number of carbonyl (C=O) groups excluding carboxylic acids is 4. The number of hydrogen-bond acceptors (Lipinski definition) is 5. The van der Waals surface area contributed by atoms with E-state index in [9.17, 15) is 19.2 Å². The lowest BCUT2D eigenvalue weighted by Crippen LogP contribution is -2.26. The summed E-state index contributed by atoms with van der Waals surface area (Å²) in [6.45, 7) is 5.22. The molecule has 3 rings (SSSR count). The van der Waals surface area contributed by atoms with E-state index in [0.29, 0.717) is 11.1 Å². The van der Waals surface area contributed by atoms with E-state index in [-0.39, 0.29) is 40.2 Å². The van der Waals surface area contributed by atoms with Crippen molar-refractivity contribution in [2.24, 2.45) is 5.41 Å². The van der Waals surface area contributed by atoms with Crippen molar-refractivity contribution >= 4 is 29.1 Å². The summed E-state index contributed by atoms with van der Waals surface area (Å²) >= 11 is 0. The van der Waals surface area contributed by atoms with Gasteiger partial charge in [-0.2, -0.15) is 0 Å². The predicted octanol–water partition coefficient (Wildman–Crippen LogP) is 3.38. The number of rotatable bonds is 4. The average molecular weight is 379 g/mol. The van der Waals surface area contributed by atoms with Gasteiger partial charge in [0.15, 0.2) is 18.2 Å². The second-order valence-electron chi connectivity index (χ2n) is 7.88. The minimum absolute atomic E-state index is 0.153. The third-order valence-electron chi connectivity index (χ3n) is 4.27. The Morgan fingerprint density at radius 3 is 2.14 bits per heavy atom. The van der Waals surface area contributed by atoms with E-state index in [1.807, 2.05) is 20.8 Å². The maximum Gasteiger partial charge on any atom is 0.306 e. The highest BCUT2D eigenvalue weighted by Crippen LogP contribution is 2.31. The van der Waals surface area contributed by atoms with Crippen molar-refractivity contribution in [3.05, 3.63) is 64.7 Å². The molecule has 0 atom stereocenters. The van der Waals surface area contributed by atoms with E-state index in [2.05, 4.69) is 5.32 Å². The van der Waals surface area contributed by atoms with Gasteiger partial charge in [-0.05, 0) is 11.5 Å². The van der Waals surface area contributed by atoms with E-state index >= 15 is 0 Å².